The fourth-order valence-electron chi connectivity index (χ4n) is 10.4. The molecule has 0 radical (unpaired) electrons. The molecule has 0 aromatic rings. The van der Waals surface area contributed by atoms with Gasteiger partial charge in [-0.25, -0.2) is 0 Å². The van der Waals surface area contributed by atoms with E-state index >= 15 is 0 Å². The number of thioether (sulfide) groups is 2. The van der Waals surface area contributed by atoms with Crippen molar-refractivity contribution in [2.75, 3.05) is 0 Å². The lowest BCUT2D eigenvalue weighted by molar-refractivity contribution is 0.0377. The van der Waals surface area contributed by atoms with Crippen molar-refractivity contribution < 1.29 is 0 Å². The average Bonchev–Trinajstić information content (AvgIpc) is 2.58. The third-order valence-electron chi connectivity index (χ3n) is 10.4. The summed E-state index contributed by atoms with van der Waals surface area (Å²) in [6.07, 6.45) is 25.5. The monoisotopic (exact) mass is 416 g/mol. The molecule has 9 aliphatic rings. The Labute approximate surface area is 181 Å². The molecule has 156 valence electrons. The highest BCUT2D eigenvalue weighted by molar-refractivity contribution is 8.02. The number of rotatable bonds is 4. The molecular formula is C26H40S2. The Morgan fingerprint density at radius 1 is 0.429 bits per heavy atom. The van der Waals surface area contributed by atoms with E-state index in [1.165, 1.54) is 6.42 Å². The molecule has 28 heavy (non-hydrogen) atoms. The van der Waals surface area contributed by atoms with E-state index < -0.39 is 0 Å². The van der Waals surface area contributed by atoms with E-state index in [1.54, 1.807) is 96.3 Å². The average molecular weight is 417 g/mol. The molecular weight excluding hydrogens is 376 g/mol. The molecule has 2 atom stereocenters. The van der Waals surface area contributed by atoms with Crippen molar-refractivity contribution in [1.29, 1.82) is 0 Å². The molecule has 0 spiro atoms. The highest BCUT2D eigenvalue weighted by Gasteiger charge is 2.54. The van der Waals surface area contributed by atoms with E-state index in [9.17, 15) is 0 Å². The maximum atomic E-state index is 2.56. The van der Waals surface area contributed by atoms with E-state index in [1.807, 2.05) is 0 Å². The first-order chi connectivity index (χ1) is 13.6. The van der Waals surface area contributed by atoms with Crippen molar-refractivity contribution in [3.8, 4) is 0 Å². The van der Waals surface area contributed by atoms with Crippen LogP contribution in [0.3, 0.4) is 0 Å². The summed E-state index contributed by atoms with van der Waals surface area (Å²) in [7, 11) is 0. The first-order valence-electron chi connectivity index (χ1n) is 13.0. The largest absolute Gasteiger partial charge is 0.152 e. The zero-order valence-corrected chi connectivity index (χ0v) is 19.4. The van der Waals surface area contributed by atoms with Crippen LogP contribution in [0.1, 0.15) is 103 Å². The molecule has 0 aromatic heterocycles. The summed E-state index contributed by atoms with van der Waals surface area (Å²) in [6.45, 7) is 0. The highest BCUT2D eigenvalue weighted by Crippen LogP contribution is 2.64. The van der Waals surface area contributed by atoms with Gasteiger partial charge in [0.05, 0.1) is 0 Å². The summed E-state index contributed by atoms with van der Waals surface area (Å²) >= 11 is 5.12. The van der Waals surface area contributed by atoms with Gasteiger partial charge in [-0.05, 0) is 132 Å². The predicted octanol–water partition coefficient (Wildman–Crippen LogP) is 7.70. The van der Waals surface area contributed by atoms with Gasteiger partial charge in [-0.2, -0.15) is 23.5 Å². The van der Waals surface area contributed by atoms with Crippen LogP contribution < -0.4 is 0 Å². The second kappa shape index (κ2) is 6.60. The molecule has 9 rings (SSSR count). The summed E-state index contributed by atoms with van der Waals surface area (Å²) in [5, 5.41) is 2.02. The van der Waals surface area contributed by atoms with Crippen LogP contribution >= 0.6 is 23.5 Å². The molecule has 9 saturated carbocycles. The van der Waals surface area contributed by atoms with Gasteiger partial charge in [-0.3, -0.25) is 0 Å². The molecule has 0 aromatic carbocycles. The van der Waals surface area contributed by atoms with Crippen molar-refractivity contribution in [1.82, 2.24) is 0 Å². The maximum Gasteiger partial charge on any atom is 0.0170 e. The van der Waals surface area contributed by atoms with Crippen LogP contribution in [0.25, 0.3) is 0 Å². The first-order valence-corrected chi connectivity index (χ1v) is 14.7. The van der Waals surface area contributed by atoms with Crippen LogP contribution in [0.5, 0.6) is 0 Å². The van der Waals surface area contributed by atoms with Crippen LogP contribution in [0.2, 0.25) is 0 Å². The summed E-state index contributed by atoms with van der Waals surface area (Å²) in [5.41, 5.74) is 0. The number of hydrogen-bond acceptors (Lipinski definition) is 2. The summed E-state index contributed by atoms with van der Waals surface area (Å²) in [5.74, 6) is 6.75. The lowest BCUT2D eigenvalue weighted by atomic mass is 9.56. The molecule has 2 unspecified atom stereocenters. The Morgan fingerprint density at radius 3 is 1.07 bits per heavy atom. The molecule has 0 amide bonds. The van der Waals surface area contributed by atoms with Gasteiger partial charge >= 0.3 is 0 Å². The Kier molecular flexibility index (Phi) is 4.31. The Morgan fingerprint density at radius 2 is 0.750 bits per heavy atom. The predicted molar refractivity (Wildman–Crippen MR) is 123 cm³/mol. The number of hydrogen-bond donors (Lipinski definition) is 0. The van der Waals surface area contributed by atoms with Gasteiger partial charge in [0.1, 0.15) is 0 Å². The normalized spacial score (nSPS) is 59.1. The minimum Gasteiger partial charge on any atom is -0.152 e. The maximum absolute atomic E-state index is 2.56. The second-order valence-electron chi connectivity index (χ2n) is 12.8. The molecule has 0 nitrogen and oxygen atoms in total. The quantitative estimate of drug-likeness (QED) is 0.460. The van der Waals surface area contributed by atoms with Gasteiger partial charge in [-0.15, -0.1) is 0 Å². The van der Waals surface area contributed by atoms with Crippen molar-refractivity contribution in [3.63, 3.8) is 0 Å². The Balaban J connectivity index is 1.03. The van der Waals surface area contributed by atoms with Crippen LogP contribution in [-0.4, -0.2) is 20.0 Å². The molecule has 0 saturated heterocycles. The van der Waals surface area contributed by atoms with E-state index in [0.29, 0.717) is 0 Å². The molecule has 0 aliphatic heterocycles. The summed E-state index contributed by atoms with van der Waals surface area (Å²) < 4.78 is 1.49. The fourth-order valence-corrected chi connectivity index (χ4v) is 15.1. The second-order valence-corrected chi connectivity index (χ2v) is 16.4. The Hall–Kier alpha value is 0.700. The van der Waals surface area contributed by atoms with Crippen molar-refractivity contribution >= 4 is 23.5 Å². The van der Waals surface area contributed by atoms with Gasteiger partial charge in [0.25, 0.3) is 0 Å². The zero-order chi connectivity index (χ0) is 18.3. The molecule has 0 N–H and O–H groups in total. The molecule has 2 heteroatoms. The van der Waals surface area contributed by atoms with Gasteiger partial charge in [0.15, 0.2) is 0 Å². The SMILES string of the molecule is C1CC(SC23CC4CC(CC(C4)C2)C3)CC(SC23CC4CC(CC(C4)C2)C3)C1. The minimum absolute atomic E-state index is 0.743. The van der Waals surface area contributed by atoms with Crippen molar-refractivity contribution in [3.05, 3.63) is 0 Å². The van der Waals surface area contributed by atoms with E-state index in [0.717, 1.165) is 55.5 Å². The Bertz CT molecular complexity index is 501. The summed E-state index contributed by atoms with van der Waals surface area (Å²) in [6, 6.07) is 0. The van der Waals surface area contributed by atoms with Crippen LogP contribution in [0.15, 0.2) is 0 Å². The van der Waals surface area contributed by atoms with Crippen LogP contribution in [0, 0.1) is 35.5 Å². The van der Waals surface area contributed by atoms with E-state index in [2.05, 4.69) is 23.5 Å². The standard InChI is InChI=1S/C26H40S2/c1-2-23(27-25-11-17-4-18(12-25)6-19(5-17)13-25)10-24(3-1)28-26-14-20-7-21(15-26)9-22(8-20)16-26/h17-24H,1-16H2. The van der Waals surface area contributed by atoms with Gasteiger partial charge in [0, 0.05) is 20.0 Å². The van der Waals surface area contributed by atoms with Crippen molar-refractivity contribution in [2.45, 2.75) is 123 Å². The van der Waals surface area contributed by atoms with Crippen molar-refractivity contribution in [2.24, 2.45) is 35.5 Å². The highest BCUT2D eigenvalue weighted by atomic mass is 32.2. The zero-order valence-electron chi connectivity index (χ0n) is 17.7. The first kappa shape index (κ1) is 18.3. The molecule has 9 aliphatic carbocycles. The smallest absolute Gasteiger partial charge is 0.0170 e. The summed E-state index contributed by atoms with van der Waals surface area (Å²) in [4.78, 5) is 0. The van der Waals surface area contributed by atoms with E-state index in [4.69, 9.17) is 0 Å². The van der Waals surface area contributed by atoms with Crippen LogP contribution in [-0.2, 0) is 0 Å². The minimum atomic E-state index is 0.743. The molecule has 9 fully saturated rings. The molecule has 8 bridgehead atoms. The van der Waals surface area contributed by atoms with Gasteiger partial charge in [-0.1, -0.05) is 6.42 Å². The third kappa shape index (κ3) is 3.16. The molecule has 0 heterocycles. The topological polar surface area (TPSA) is 0 Å². The lowest BCUT2D eigenvalue weighted by Crippen LogP contribution is -2.50. The fraction of sp³-hybridized carbons (Fsp3) is 1.00. The third-order valence-corrected chi connectivity index (χ3v) is 13.9. The van der Waals surface area contributed by atoms with E-state index in [-0.39, 0.29) is 0 Å². The van der Waals surface area contributed by atoms with Crippen LogP contribution in [0.4, 0.5) is 0 Å². The lowest BCUT2D eigenvalue weighted by Gasteiger charge is -2.58. The van der Waals surface area contributed by atoms with Gasteiger partial charge < -0.3 is 0 Å². The van der Waals surface area contributed by atoms with Gasteiger partial charge in [0.2, 0.25) is 0 Å².